The van der Waals surface area contributed by atoms with Gasteiger partial charge in [-0.2, -0.15) is 0 Å². The Morgan fingerprint density at radius 1 is 1.44 bits per heavy atom. The average molecular weight is 218 g/mol. The third-order valence-electron chi connectivity index (χ3n) is 2.33. The first-order valence-corrected chi connectivity index (χ1v) is 5.21. The summed E-state index contributed by atoms with van der Waals surface area (Å²) >= 11 is 0. The zero-order valence-electron chi connectivity index (χ0n) is 9.17. The Kier molecular flexibility index (Phi) is 3.21. The van der Waals surface area contributed by atoms with Crippen molar-refractivity contribution in [2.24, 2.45) is 5.73 Å². The van der Waals surface area contributed by atoms with Gasteiger partial charge in [-0.25, -0.2) is 4.68 Å². The third kappa shape index (κ3) is 2.06. The molecule has 2 aromatic heterocycles. The molecule has 2 heterocycles. The van der Waals surface area contributed by atoms with Gasteiger partial charge in [0, 0.05) is 12.7 Å². The molecule has 0 aliphatic heterocycles. The predicted octanol–water partition coefficient (Wildman–Crippen LogP) is 0.392. The molecule has 0 unspecified atom stereocenters. The number of aromatic nitrogens is 5. The third-order valence-corrected chi connectivity index (χ3v) is 2.33. The van der Waals surface area contributed by atoms with E-state index in [0.717, 1.165) is 24.2 Å². The minimum atomic E-state index is 0.625. The Morgan fingerprint density at radius 2 is 2.31 bits per heavy atom. The summed E-state index contributed by atoms with van der Waals surface area (Å²) in [6, 6.07) is 3.89. The molecule has 0 aliphatic rings. The van der Waals surface area contributed by atoms with E-state index in [-0.39, 0.29) is 0 Å². The molecule has 0 radical (unpaired) electrons. The fourth-order valence-corrected chi connectivity index (χ4v) is 1.49. The maximum atomic E-state index is 5.47. The van der Waals surface area contributed by atoms with E-state index < -0.39 is 0 Å². The molecule has 0 bridgehead atoms. The molecule has 0 aliphatic carbocycles. The smallest absolute Gasteiger partial charge is 0.200 e. The summed E-state index contributed by atoms with van der Waals surface area (Å²) < 4.78 is 1.74. The van der Waals surface area contributed by atoms with Gasteiger partial charge in [-0.05, 0) is 41.9 Å². The highest BCUT2D eigenvalue weighted by atomic mass is 15.5. The highest BCUT2D eigenvalue weighted by molar-refractivity contribution is 5.53. The van der Waals surface area contributed by atoms with Crippen molar-refractivity contribution in [3.8, 4) is 11.5 Å². The SMILES string of the molecule is Cc1cccnc1-c1nnnn1CCCN. The topological polar surface area (TPSA) is 82.5 Å². The lowest BCUT2D eigenvalue weighted by atomic mass is 10.2. The van der Waals surface area contributed by atoms with Crippen LogP contribution in [0.25, 0.3) is 11.5 Å². The predicted molar refractivity (Wildman–Crippen MR) is 59.5 cm³/mol. The van der Waals surface area contributed by atoms with E-state index in [9.17, 15) is 0 Å². The number of nitrogens with zero attached hydrogens (tertiary/aromatic N) is 5. The fourth-order valence-electron chi connectivity index (χ4n) is 1.49. The van der Waals surface area contributed by atoms with Crippen LogP contribution in [0.4, 0.5) is 0 Å². The molecule has 0 aromatic carbocycles. The lowest BCUT2D eigenvalue weighted by molar-refractivity contribution is 0.568. The molecule has 0 spiro atoms. The number of hydrogen-bond acceptors (Lipinski definition) is 5. The number of nitrogens with two attached hydrogens (primary N) is 1. The molecular formula is C10H14N6. The van der Waals surface area contributed by atoms with E-state index in [4.69, 9.17) is 5.73 Å². The summed E-state index contributed by atoms with van der Waals surface area (Å²) in [4.78, 5) is 4.29. The van der Waals surface area contributed by atoms with E-state index in [0.29, 0.717) is 12.4 Å². The molecule has 6 heteroatoms. The van der Waals surface area contributed by atoms with Gasteiger partial charge in [0.25, 0.3) is 0 Å². The first kappa shape index (κ1) is 10.7. The first-order valence-electron chi connectivity index (χ1n) is 5.21. The monoisotopic (exact) mass is 218 g/mol. The summed E-state index contributed by atoms with van der Waals surface area (Å²) in [7, 11) is 0. The molecule has 16 heavy (non-hydrogen) atoms. The Labute approximate surface area is 93.5 Å². The molecule has 2 N–H and O–H groups in total. The fraction of sp³-hybridized carbons (Fsp3) is 0.400. The van der Waals surface area contributed by atoms with Crippen LogP contribution in [0, 0.1) is 6.92 Å². The lowest BCUT2D eigenvalue weighted by Crippen LogP contribution is -2.09. The quantitative estimate of drug-likeness (QED) is 0.802. The van der Waals surface area contributed by atoms with Crippen molar-refractivity contribution in [3.05, 3.63) is 23.9 Å². The summed E-state index contributed by atoms with van der Waals surface area (Å²) in [5, 5.41) is 11.6. The Balaban J connectivity index is 2.33. The molecule has 0 saturated heterocycles. The highest BCUT2D eigenvalue weighted by Gasteiger charge is 2.11. The van der Waals surface area contributed by atoms with Crippen LogP contribution in [0.3, 0.4) is 0 Å². The zero-order chi connectivity index (χ0) is 11.4. The molecular weight excluding hydrogens is 204 g/mol. The van der Waals surface area contributed by atoms with Gasteiger partial charge < -0.3 is 5.73 Å². The number of pyridine rings is 1. The number of rotatable bonds is 4. The van der Waals surface area contributed by atoms with Crippen LogP contribution in [-0.2, 0) is 6.54 Å². The summed E-state index contributed by atoms with van der Waals surface area (Å²) in [5.41, 5.74) is 7.35. The molecule has 0 fully saturated rings. The van der Waals surface area contributed by atoms with Crippen LogP contribution in [0.2, 0.25) is 0 Å². The Bertz CT molecular complexity index is 464. The van der Waals surface area contributed by atoms with Gasteiger partial charge in [0.2, 0.25) is 5.82 Å². The van der Waals surface area contributed by atoms with E-state index in [1.807, 2.05) is 19.1 Å². The summed E-state index contributed by atoms with van der Waals surface area (Å²) in [6.07, 6.45) is 2.59. The maximum absolute atomic E-state index is 5.47. The summed E-state index contributed by atoms with van der Waals surface area (Å²) in [6.45, 7) is 3.33. The molecule has 2 rings (SSSR count). The van der Waals surface area contributed by atoms with Gasteiger partial charge in [-0.1, -0.05) is 6.07 Å². The molecule has 6 nitrogen and oxygen atoms in total. The van der Waals surface area contributed by atoms with Crippen LogP contribution in [0.5, 0.6) is 0 Å². The van der Waals surface area contributed by atoms with Crippen LogP contribution in [0.15, 0.2) is 18.3 Å². The van der Waals surface area contributed by atoms with Crippen molar-refractivity contribution in [2.45, 2.75) is 19.9 Å². The maximum Gasteiger partial charge on any atom is 0.200 e. The second kappa shape index (κ2) is 4.80. The minimum absolute atomic E-state index is 0.625. The standard InChI is InChI=1S/C10H14N6/c1-8-4-2-6-12-9(8)10-13-14-15-16(10)7-3-5-11/h2,4,6H,3,5,7,11H2,1H3. The zero-order valence-corrected chi connectivity index (χ0v) is 9.17. The van der Waals surface area contributed by atoms with Gasteiger partial charge in [-0.15, -0.1) is 5.10 Å². The van der Waals surface area contributed by atoms with E-state index in [2.05, 4.69) is 20.5 Å². The van der Waals surface area contributed by atoms with Gasteiger partial charge in [0.05, 0.1) is 0 Å². The molecule has 0 amide bonds. The lowest BCUT2D eigenvalue weighted by Gasteiger charge is -2.04. The molecule has 84 valence electrons. The number of tetrazole rings is 1. The van der Waals surface area contributed by atoms with Crippen molar-refractivity contribution < 1.29 is 0 Å². The second-order valence-corrected chi connectivity index (χ2v) is 3.54. The van der Waals surface area contributed by atoms with Gasteiger partial charge in [0.1, 0.15) is 5.69 Å². The second-order valence-electron chi connectivity index (χ2n) is 3.54. The molecule has 0 saturated carbocycles. The van der Waals surface area contributed by atoms with Crippen molar-refractivity contribution in [1.82, 2.24) is 25.2 Å². The normalized spacial score (nSPS) is 10.6. The van der Waals surface area contributed by atoms with Gasteiger partial charge >= 0.3 is 0 Å². The van der Waals surface area contributed by atoms with Crippen molar-refractivity contribution in [1.29, 1.82) is 0 Å². The van der Waals surface area contributed by atoms with E-state index in [1.54, 1.807) is 10.9 Å². The van der Waals surface area contributed by atoms with E-state index >= 15 is 0 Å². The van der Waals surface area contributed by atoms with Crippen molar-refractivity contribution >= 4 is 0 Å². The average Bonchev–Trinajstić information content (AvgIpc) is 2.75. The van der Waals surface area contributed by atoms with E-state index in [1.165, 1.54) is 0 Å². The van der Waals surface area contributed by atoms with Crippen LogP contribution >= 0.6 is 0 Å². The van der Waals surface area contributed by atoms with Gasteiger partial charge in [0.15, 0.2) is 0 Å². The molecule has 2 aromatic rings. The Morgan fingerprint density at radius 3 is 3.06 bits per heavy atom. The van der Waals surface area contributed by atoms with Crippen molar-refractivity contribution in [3.63, 3.8) is 0 Å². The highest BCUT2D eigenvalue weighted by Crippen LogP contribution is 2.16. The molecule has 0 atom stereocenters. The van der Waals surface area contributed by atoms with Gasteiger partial charge in [-0.3, -0.25) is 4.98 Å². The number of aryl methyl sites for hydroxylation is 2. The van der Waals surface area contributed by atoms with Crippen LogP contribution < -0.4 is 5.73 Å². The number of hydrogen-bond donors (Lipinski definition) is 1. The first-order chi connectivity index (χ1) is 7.83. The van der Waals surface area contributed by atoms with Crippen LogP contribution in [0.1, 0.15) is 12.0 Å². The van der Waals surface area contributed by atoms with Crippen LogP contribution in [-0.4, -0.2) is 31.7 Å². The Hall–Kier alpha value is -1.82. The largest absolute Gasteiger partial charge is 0.330 e. The van der Waals surface area contributed by atoms with Crippen molar-refractivity contribution in [2.75, 3.05) is 6.54 Å². The minimum Gasteiger partial charge on any atom is -0.330 e. The summed E-state index contributed by atoms with van der Waals surface area (Å²) in [5.74, 6) is 0.701.